The van der Waals surface area contributed by atoms with Crippen LogP contribution in [0.2, 0.25) is 0 Å². The molecule has 0 spiro atoms. The first kappa shape index (κ1) is 22.0. The average Bonchev–Trinajstić information content (AvgIpc) is 3.27. The van der Waals surface area contributed by atoms with Gasteiger partial charge >= 0.3 is 0 Å². The van der Waals surface area contributed by atoms with Gasteiger partial charge < -0.3 is 19.8 Å². The standard InChI is InChI=1S/C18H27N3O2S.HI/c1-18(2,16-8-5-12-24-16)14-21-17(19-3)20-9-6-10-22-13-15-7-4-11-23-15;/h4-5,7-8,11-12H,6,9-10,13-14H2,1-3H3,(H2,19,20,21);1H. The number of nitrogens with one attached hydrogen (secondary N) is 2. The molecule has 0 amide bonds. The fourth-order valence-corrected chi connectivity index (χ4v) is 3.08. The van der Waals surface area contributed by atoms with E-state index in [4.69, 9.17) is 9.15 Å². The Morgan fingerprint density at radius 2 is 2.12 bits per heavy atom. The number of ether oxygens (including phenoxy) is 1. The molecule has 0 aliphatic heterocycles. The number of nitrogens with zero attached hydrogens (tertiary/aromatic N) is 1. The molecule has 140 valence electrons. The minimum atomic E-state index is 0. The minimum Gasteiger partial charge on any atom is -0.467 e. The molecule has 2 aromatic rings. The second-order valence-corrected chi connectivity index (χ2v) is 7.15. The van der Waals surface area contributed by atoms with E-state index in [-0.39, 0.29) is 29.4 Å². The molecule has 2 aromatic heterocycles. The summed E-state index contributed by atoms with van der Waals surface area (Å²) < 4.78 is 10.8. The number of thiophene rings is 1. The van der Waals surface area contributed by atoms with Crippen LogP contribution in [0.3, 0.4) is 0 Å². The molecule has 0 unspecified atom stereocenters. The highest BCUT2D eigenvalue weighted by Crippen LogP contribution is 2.26. The molecule has 0 saturated carbocycles. The van der Waals surface area contributed by atoms with Crippen LogP contribution < -0.4 is 10.6 Å². The van der Waals surface area contributed by atoms with Crippen LogP contribution >= 0.6 is 35.3 Å². The van der Waals surface area contributed by atoms with Crippen molar-refractivity contribution in [1.29, 1.82) is 0 Å². The van der Waals surface area contributed by atoms with Crippen molar-refractivity contribution in [3.63, 3.8) is 0 Å². The monoisotopic (exact) mass is 477 g/mol. The van der Waals surface area contributed by atoms with Crippen molar-refractivity contribution in [2.24, 2.45) is 4.99 Å². The van der Waals surface area contributed by atoms with Gasteiger partial charge in [0, 0.05) is 37.0 Å². The zero-order valence-electron chi connectivity index (χ0n) is 15.1. The Hall–Kier alpha value is -1.06. The van der Waals surface area contributed by atoms with Crippen molar-refractivity contribution < 1.29 is 9.15 Å². The summed E-state index contributed by atoms with van der Waals surface area (Å²) in [6.45, 7) is 7.34. The molecule has 0 aliphatic carbocycles. The Bertz CT molecular complexity index is 598. The first-order valence-electron chi connectivity index (χ1n) is 8.20. The zero-order chi connectivity index (χ0) is 17.3. The van der Waals surface area contributed by atoms with Gasteiger partial charge in [-0.1, -0.05) is 19.9 Å². The van der Waals surface area contributed by atoms with Crippen LogP contribution in [0.1, 0.15) is 30.9 Å². The Kier molecular flexibility index (Phi) is 10.1. The Morgan fingerprint density at radius 3 is 2.76 bits per heavy atom. The molecule has 0 fully saturated rings. The lowest BCUT2D eigenvalue weighted by atomic mass is 9.91. The van der Waals surface area contributed by atoms with E-state index >= 15 is 0 Å². The Morgan fingerprint density at radius 1 is 1.28 bits per heavy atom. The van der Waals surface area contributed by atoms with Crippen LogP contribution in [-0.4, -0.2) is 32.7 Å². The summed E-state index contributed by atoms with van der Waals surface area (Å²) in [5.41, 5.74) is 0.0813. The van der Waals surface area contributed by atoms with Crippen molar-refractivity contribution in [2.45, 2.75) is 32.3 Å². The van der Waals surface area contributed by atoms with E-state index in [9.17, 15) is 0 Å². The molecule has 2 heterocycles. The van der Waals surface area contributed by atoms with E-state index in [1.165, 1.54) is 4.88 Å². The number of rotatable bonds is 9. The van der Waals surface area contributed by atoms with Gasteiger partial charge in [-0.25, -0.2) is 0 Å². The van der Waals surface area contributed by atoms with Crippen LogP contribution in [0, 0.1) is 0 Å². The van der Waals surface area contributed by atoms with E-state index in [2.05, 4.69) is 47.0 Å². The van der Waals surface area contributed by atoms with Crippen molar-refractivity contribution in [1.82, 2.24) is 10.6 Å². The lowest BCUT2D eigenvalue weighted by Crippen LogP contribution is -2.43. The molecular formula is C18H28IN3O2S. The number of halogens is 1. The zero-order valence-corrected chi connectivity index (χ0v) is 18.2. The van der Waals surface area contributed by atoms with Crippen LogP contribution in [0.5, 0.6) is 0 Å². The summed E-state index contributed by atoms with van der Waals surface area (Å²) in [7, 11) is 1.79. The van der Waals surface area contributed by atoms with Crippen LogP contribution in [-0.2, 0) is 16.8 Å². The number of aliphatic imine (C=N–C) groups is 1. The van der Waals surface area contributed by atoms with Gasteiger partial charge in [0.2, 0.25) is 0 Å². The summed E-state index contributed by atoms with van der Waals surface area (Å²) in [4.78, 5) is 5.64. The quantitative estimate of drug-likeness (QED) is 0.248. The fraction of sp³-hybridized carbons (Fsp3) is 0.500. The predicted octanol–water partition coefficient (Wildman–Crippen LogP) is 4.01. The molecule has 7 heteroatoms. The molecule has 0 bridgehead atoms. The van der Waals surface area contributed by atoms with Crippen molar-refractivity contribution in [2.75, 3.05) is 26.7 Å². The van der Waals surface area contributed by atoms with Gasteiger partial charge in [0.1, 0.15) is 12.4 Å². The normalized spacial score (nSPS) is 11.9. The first-order chi connectivity index (χ1) is 11.6. The lowest BCUT2D eigenvalue weighted by molar-refractivity contribution is 0.105. The summed E-state index contributed by atoms with van der Waals surface area (Å²) in [6, 6.07) is 8.06. The van der Waals surface area contributed by atoms with Crippen LogP contribution in [0.4, 0.5) is 0 Å². The predicted molar refractivity (Wildman–Crippen MR) is 115 cm³/mol. The highest BCUT2D eigenvalue weighted by Gasteiger charge is 2.21. The number of hydrogen-bond acceptors (Lipinski definition) is 4. The van der Waals surface area contributed by atoms with E-state index in [0.29, 0.717) is 13.2 Å². The molecule has 0 saturated heterocycles. The molecule has 25 heavy (non-hydrogen) atoms. The number of guanidine groups is 1. The van der Waals surface area contributed by atoms with E-state index in [1.807, 2.05) is 12.1 Å². The molecule has 2 N–H and O–H groups in total. The smallest absolute Gasteiger partial charge is 0.191 e. The second kappa shape index (κ2) is 11.5. The van der Waals surface area contributed by atoms with E-state index < -0.39 is 0 Å². The Labute approximate surface area is 171 Å². The third-order valence-electron chi connectivity index (χ3n) is 3.69. The van der Waals surface area contributed by atoms with Crippen molar-refractivity contribution in [3.8, 4) is 0 Å². The topological polar surface area (TPSA) is 58.8 Å². The molecule has 2 rings (SSSR count). The van der Waals surface area contributed by atoms with Gasteiger partial charge in [0.05, 0.1) is 6.26 Å². The summed E-state index contributed by atoms with van der Waals surface area (Å²) in [5.74, 6) is 1.68. The molecule has 0 atom stereocenters. The van der Waals surface area contributed by atoms with Gasteiger partial charge in [-0.05, 0) is 30.0 Å². The second-order valence-electron chi connectivity index (χ2n) is 6.20. The van der Waals surface area contributed by atoms with Gasteiger partial charge in [0.15, 0.2) is 5.96 Å². The Balaban J connectivity index is 0.00000312. The SMILES string of the molecule is CN=C(NCCCOCc1ccco1)NCC(C)(C)c1cccs1.I. The molecule has 0 aliphatic rings. The highest BCUT2D eigenvalue weighted by atomic mass is 127. The summed E-state index contributed by atoms with van der Waals surface area (Å²) in [6.07, 6.45) is 2.57. The fourth-order valence-electron chi connectivity index (χ4n) is 2.22. The van der Waals surface area contributed by atoms with Gasteiger partial charge in [-0.3, -0.25) is 4.99 Å². The van der Waals surface area contributed by atoms with Gasteiger partial charge in [0.25, 0.3) is 0 Å². The van der Waals surface area contributed by atoms with Crippen LogP contribution in [0.15, 0.2) is 45.3 Å². The van der Waals surface area contributed by atoms with Crippen molar-refractivity contribution in [3.05, 3.63) is 46.5 Å². The average molecular weight is 477 g/mol. The van der Waals surface area contributed by atoms with Crippen molar-refractivity contribution >= 4 is 41.3 Å². The van der Waals surface area contributed by atoms with Gasteiger partial charge in [-0.2, -0.15) is 0 Å². The maximum Gasteiger partial charge on any atom is 0.191 e. The molecule has 0 aromatic carbocycles. The molecule has 0 radical (unpaired) electrons. The summed E-state index contributed by atoms with van der Waals surface area (Å²) >= 11 is 1.79. The van der Waals surface area contributed by atoms with Gasteiger partial charge in [-0.15, -0.1) is 35.3 Å². The highest BCUT2D eigenvalue weighted by molar-refractivity contribution is 14.0. The third kappa shape index (κ3) is 7.79. The molecular weight excluding hydrogens is 449 g/mol. The number of furan rings is 1. The lowest BCUT2D eigenvalue weighted by Gasteiger charge is -2.25. The first-order valence-corrected chi connectivity index (χ1v) is 9.08. The largest absolute Gasteiger partial charge is 0.467 e. The molecule has 5 nitrogen and oxygen atoms in total. The third-order valence-corrected chi connectivity index (χ3v) is 4.93. The minimum absolute atomic E-state index is 0. The summed E-state index contributed by atoms with van der Waals surface area (Å²) in [5, 5.41) is 8.84. The van der Waals surface area contributed by atoms with E-state index in [0.717, 1.165) is 31.2 Å². The number of hydrogen-bond donors (Lipinski definition) is 2. The maximum absolute atomic E-state index is 5.56. The maximum atomic E-state index is 5.56. The van der Waals surface area contributed by atoms with E-state index in [1.54, 1.807) is 24.6 Å². The van der Waals surface area contributed by atoms with Crippen LogP contribution in [0.25, 0.3) is 0 Å².